The zero-order valence-electron chi connectivity index (χ0n) is 18.0. The van der Waals surface area contributed by atoms with Gasteiger partial charge in [-0.15, -0.1) is 0 Å². The molecule has 0 aliphatic heterocycles. The van der Waals surface area contributed by atoms with Gasteiger partial charge in [-0.1, -0.05) is 30.9 Å². The van der Waals surface area contributed by atoms with Crippen LogP contribution in [0.1, 0.15) is 18.9 Å². The predicted octanol–water partition coefficient (Wildman–Crippen LogP) is 5.25. The highest BCUT2D eigenvalue weighted by atomic mass is 19.1. The van der Waals surface area contributed by atoms with Crippen LogP contribution in [-0.4, -0.2) is 31.0 Å². The summed E-state index contributed by atoms with van der Waals surface area (Å²) < 4.78 is 15.5. The molecule has 0 bridgehead atoms. The fourth-order valence-electron chi connectivity index (χ4n) is 3.21. The van der Waals surface area contributed by atoms with Crippen LogP contribution in [0, 0.1) is 12.7 Å². The van der Waals surface area contributed by atoms with E-state index in [4.69, 9.17) is 0 Å². The number of pyridine rings is 1. The molecule has 0 aliphatic rings. The molecule has 3 heterocycles. The van der Waals surface area contributed by atoms with Gasteiger partial charge in [-0.2, -0.15) is 0 Å². The van der Waals surface area contributed by atoms with Gasteiger partial charge in [0.25, 0.3) is 0 Å². The molecule has 2 N–H and O–H groups in total. The van der Waals surface area contributed by atoms with Crippen LogP contribution in [0.3, 0.4) is 0 Å². The van der Waals surface area contributed by atoms with Crippen LogP contribution in [0.15, 0.2) is 67.9 Å². The number of para-hydroxylation sites is 1. The Morgan fingerprint density at radius 2 is 2.06 bits per heavy atom. The molecule has 162 valence electrons. The lowest BCUT2D eigenvalue weighted by atomic mass is 10.2. The van der Waals surface area contributed by atoms with Gasteiger partial charge in [-0.05, 0) is 44.2 Å². The summed E-state index contributed by atoms with van der Waals surface area (Å²) in [5, 5.41) is 6.62. The largest absolute Gasteiger partial charge is 0.368 e. The van der Waals surface area contributed by atoms with E-state index in [1.165, 1.54) is 17.8 Å². The smallest absolute Gasteiger partial charge is 0.170 e. The third-order valence-corrected chi connectivity index (χ3v) is 4.88. The number of halogens is 1. The summed E-state index contributed by atoms with van der Waals surface area (Å²) in [7, 11) is 0. The number of aromatic nitrogens is 5. The van der Waals surface area contributed by atoms with E-state index in [-0.39, 0.29) is 0 Å². The maximum absolute atomic E-state index is 13.7. The Bertz CT molecular complexity index is 1290. The van der Waals surface area contributed by atoms with Gasteiger partial charge >= 0.3 is 0 Å². The summed E-state index contributed by atoms with van der Waals surface area (Å²) in [4.78, 5) is 17.5. The van der Waals surface area contributed by atoms with E-state index in [2.05, 4.69) is 50.1 Å². The normalized spacial score (nSPS) is 11.2. The maximum Gasteiger partial charge on any atom is 0.170 e. The molecule has 0 unspecified atom stereocenters. The van der Waals surface area contributed by atoms with Gasteiger partial charge in [0.1, 0.15) is 12.1 Å². The van der Waals surface area contributed by atoms with Crippen molar-refractivity contribution in [3.05, 3.63) is 79.3 Å². The SMILES string of the molecule is C=C(C)n1cnc2c(NCC/C=C/Nc3ccccc3C)nc(-c3cncc(F)c3)nc21. The molecule has 0 radical (unpaired) electrons. The van der Waals surface area contributed by atoms with Crippen molar-refractivity contribution in [2.24, 2.45) is 0 Å². The number of imidazole rings is 1. The lowest BCUT2D eigenvalue weighted by Gasteiger charge is -2.09. The van der Waals surface area contributed by atoms with Gasteiger partial charge in [0, 0.05) is 29.7 Å². The molecule has 7 nitrogen and oxygen atoms in total. The molecule has 0 aliphatic carbocycles. The minimum absolute atomic E-state index is 0.367. The third-order valence-electron chi connectivity index (χ3n) is 4.88. The lowest BCUT2D eigenvalue weighted by molar-refractivity contribution is 0.622. The summed E-state index contributed by atoms with van der Waals surface area (Å²) in [5.74, 6) is 0.502. The Labute approximate surface area is 185 Å². The minimum Gasteiger partial charge on any atom is -0.368 e. The number of hydrogen-bond donors (Lipinski definition) is 2. The Morgan fingerprint density at radius 1 is 1.22 bits per heavy atom. The number of nitrogens with zero attached hydrogens (tertiary/aromatic N) is 5. The van der Waals surface area contributed by atoms with Crippen molar-refractivity contribution >= 4 is 28.4 Å². The summed E-state index contributed by atoms with van der Waals surface area (Å²) in [5.41, 5.74) is 4.76. The molecule has 3 aromatic heterocycles. The molecule has 0 saturated heterocycles. The summed E-state index contributed by atoms with van der Waals surface area (Å²) in [6.07, 6.45) is 9.09. The Morgan fingerprint density at radius 3 is 2.84 bits per heavy atom. The van der Waals surface area contributed by atoms with Gasteiger partial charge in [0.2, 0.25) is 0 Å². The highest BCUT2D eigenvalue weighted by Gasteiger charge is 2.15. The van der Waals surface area contributed by atoms with Crippen molar-refractivity contribution in [3.63, 3.8) is 0 Å². The fourth-order valence-corrected chi connectivity index (χ4v) is 3.21. The fraction of sp³-hybridized carbons (Fsp3) is 0.167. The molecule has 1 aromatic carbocycles. The topological polar surface area (TPSA) is 80.5 Å². The monoisotopic (exact) mass is 429 g/mol. The first-order chi connectivity index (χ1) is 15.5. The number of nitrogens with one attached hydrogen (secondary N) is 2. The van der Waals surface area contributed by atoms with Crippen LogP contribution in [0.25, 0.3) is 28.2 Å². The zero-order valence-corrected chi connectivity index (χ0v) is 18.0. The molecule has 32 heavy (non-hydrogen) atoms. The number of hydrogen-bond acceptors (Lipinski definition) is 6. The van der Waals surface area contributed by atoms with E-state index in [0.29, 0.717) is 34.9 Å². The molecule has 0 atom stereocenters. The molecule has 4 rings (SSSR count). The highest BCUT2D eigenvalue weighted by molar-refractivity contribution is 5.86. The number of fused-ring (bicyclic) bond motifs is 1. The standard InChI is InChI=1S/C24H24FN7/c1-16(2)32-15-29-21-23(28-11-7-6-10-27-20-9-5-4-8-17(20)3)30-22(31-24(21)32)18-12-19(25)14-26-13-18/h4-6,8-10,12-15,27H,1,7,11H2,2-3H3,(H,28,30,31)/b10-6+. The molecule has 0 spiro atoms. The van der Waals surface area contributed by atoms with Gasteiger partial charge in [-0.3, -0.25) is 9.55 Å². The van der Waals surface area contributed by atoms with Gasteiger partial charge in [0.05, 0.1) is 6.20 Å². The molecule has 0 saturated carbocycles. The number of allylic oxidation sites excluding steroid dienone is 1. The van der Waals surface area contributed by atoms with E-state index in [9.17, 15) is 4.39 Å². The molecular weight excluding hydrogens is 405 g/mol. The number of benzene rings is 1. The molecule has 4 aromatic rings. The average Bonchev–Trinajstić information content (AvgIpc) is 3.22. The molecule has 0 fully saturated rings. The van der Waals surface area contributed by atoms with Crippen LogP contribution in [0.5, 0.6) is 0 Å². The van der Waals surface area contributed by atoms with Crippen molar-refractivity contribution in [2.75, 3.05) is 17.2 Å². The van der Waals surface area contributed by atoms with E-state index >= 15 is 0 Å². The van der Waals surface area contributed by atoms with E-state index in [1.54, 1.807) is 10.9 Å². The quantitative estimate of drug-likeness (QED) is 0.372. The van der Waals surface area contributed by atoms with Gasteiger partial charge in [-0.25, -0.2) is 19.3 Å². The predicted molar refractivity (Wildman–Crippen MR) is 127 cm³/mol. The summed E-state index contributed by atoms with van der Waals surface area (Å²) in [6.45, 7) is 8.54. The van der Waals surface area contributed by atoms with Crippen molar-refractivity contribution in [3.8, 4) is 11.4 Å². The third kappa shape index (κ3) is 4.64. The Hall–Kier alpha value is -4.07. The molecular formula is C24H24FN7. The summed E-state index contributed by atoms with van der Waals surface area (Å²) in [6, 6.07) is 9.48. The van der Waals surface area contributed by atoms with Crippen LogP contribution in [-0.2, 0) is 0 Å². The van der Waals surface area contributed by atoms with Crippen molar-refractivity contribution in [1.82, 2.24) is 24.5 Å². The van der Waals surface area contributed by atoms with Crippen molar-refractivity contribution in [2.45, 2.75) is 20.3 Å². The second-order valence-electron chi connectivity index (χ2n) is 7.39. The number of rotatable bonds is 8. The molecule has 8 heteroatoms. The first kappa shape index (κ1) is 21.2. The second-order valence-corrected chi connectivity index (χ2v) is 7.39. The van der Waals surface area contributed by atoms with Crippen LogP contribution < -0.4 is 10.6 Å². The van der Waals surface area contributed by atoms with Gasteiger partial charge in [0.15, 0.2) is 22.8 Å². The first-order valence-electron chi connectivity index (χ1n) is 10.3. The minimum atomic E-state index is -0.444. The van der Waals surface area contributed by atoms with Crippen LogP contribution in [0.2, 0.25) is 0 Å². The van der Waals surface area contributed by atoms with E-state index in [1.807, 2.05) is 37.4 Å². The van der Waals surface area contributed by atoms with E-state index in [0.717, 1.165) is 24.0 Å². The Balaban J connectivity index is 1.53. The summed E-state index contributed by atoms with van der Waals surface area (Å²) >= 11 is 0. The number of anilines is 2. The second kappa shape index (κ2) is 9.38. The Kier molecular flexibility index (Phi) is 6.21. The van der Waals surface area contributed by atoms with Crippen molar-refractivity contribution in [1.29, 1.82) is 0 Å². The maximum atomic E-state index is 13.7. The number of aryl methyl sites for hydroxylation is 1. The lowest BCUT2D eigenvalue weighted by Crippen LogP contribution is -2.06. The van der Waals surface area contributed by atoms with Crippen LogP contribution in [0.4, 0.5) is 15.9 Å². The average molecular weight is 430 g/mol. The zero-order chi connectivity index (χ0) is 22.5. The first-order valence-corrected chi connectivity index (χ1v) is 10.3. The van der Waals surface area contributed by atoms with Crippen LogP contribution >= 0.6 is 0 Å². The van der Waals surface area contributed by atoms with Crippen molar-refractivity contribution < 1.29 is 4.39 Å². The van der Waals surface area contributed by atoms with Gasteiger partial charge < -0.3 is 10.6 Å². The molecule has 0 amide bonds. The van der Waals surface area contributed by atoms with E-state index < -0.39 is 5.82 Å². The highest BCUT2D eigenvalue weighted by Crippen LogP contribution is 2.25.